The van der Waals surface area contributed by atoms with Gasteiger partial charge in [0.05, 0.1) is 5.69 Å². The number of carbonyl (C=O) groups is 1. The molecule has 0 radical (unpaired) electrons. The summed E-state index contributed by atoms with van der Waals surface area (Å²) in [5.74, 6) is 0.141. The van der Waals surface area contributed by atoms with E-state index >= 15 is 0 Å². The highest BCUT2D eigenvalue weighted by molar-refractivity contribution is 5.79. The Labute approximate surface area is 166 Å². The molecule has 3 aromatic rings. The Hall–Kier alpha value is -3.08. The van der Waals surface area contributed by atoms with Crippen LogP contribution in [0.15, 0.2) is 60.7 Å². The highest BCUT2D eigenvalue weighted by Gasteiger charge is 2.23. The number of anilines is 1. The molecule has 1 aromatic heterocycles. The van der Waals surface area contributed by atoms with Crippen LogP contribution in [0.25, 0.3) is 11.1 Å². The molecule has 144 valence electrons. The second-order valence-corrected chi connectivity index (χ2v) is 7.34. The van der Waals surface area contributed by atoms with Gasteiger partial charge in [0.2, 0.25) is 5.91 Å². The van der Waals surface area contributed by atoms with Gasteiger partial charge in [0.1, 0.15) is 6.54 Å². The third-order valence-corrected chi connectivity index (χ3v) is 5.35. The van der Waals surface area contributed by atoms with Crippen LogP contribution in [-0.4, -0.2) is 46.8 Å². The Bertz CT molecular complexity index is 956. The Kier molecular flexibility index (Phi) is 5.15. The highest BCUT2D eigenvalue weighted by Crippen LogP contribution is 2.31. The summed E-state index contributed by atoms with van der Waals surface area (Å²) in [7, 11) is 0. The molecule has 5 nitrogen and oxygen atoms in total. The van der Waals surface area contributed by atoms with Crippen molar-refractivity contribution in [2.24, 2.45) is 0 Å². The van der Waals surface area contributed by atoms with Gasteiger partial charge in [0.25, 0.3) is 0 Å². The molecule has 1 saturated heterocycles. The van der Waals surface area contributed by atoms with Crippen LogP contribution >= 0.6 is 0 Å². The lowest BCUT2D eigenvalue weighted by Gasteiger charge is -2.37. The molecule has 1 aliphatic heterocycles. The van der Waals surface area contributed by atoms with E-state index in [1.54, 1.807) is 4.68 Å². The topological polar surface area (TPSA) is 41.4 Å². The minimum absolute atomic E-state index is 0.141. The fourth-order valence-corrected chi connectivity index (χ4v) is 3.87. The van der Waals surface area contributed by atoms with Crippen molar-refractivity contribution in [2.45, 2.75) is 20.4 Å². The van der Waals surface area contributed by atoms with Crippen molar-refractivity contribution in [3.05, 3.63) is 72.1 Å². The predicted octanol–water partition coefficient (Wildman–Crippen LogP) is 3.52. The summed E-state index contributed by atoms with van der Waals surface area (Å²) in [6.45, 7) is 7.42. The standard InChI is InChI=1S/C23H26N4O/c1-18-16-19(2)27(24-18)17-23(28)26-14-12-25(13-15-26)22-11-7-6-10-21(22)20-8-4-3-5-9-20/h3-11,16H,12-15,17H2,1-2H3. The number of aromatic nitrogens is 2. The van der Waals surface area contributed by atoms with E-state index in [1.165, 1.54) is 16.8 Å². The lowest BCUT2D eigenvalue weighted by Crippen LogP contribution is -2.49. The van der Waals surface area contributed by atoms with Crippen LogP contribution in [0.1, 0.15) is 11.4 Å². The highest BCUT2D eigenvalue weighted by atomic mass is 16.2. The first-order valence-electron chi connectivity index (χ1n) is 9.80. The lowest BCUT2D eigenvalue weighted by atomic mass is 10.0. The molecule has 0 spiro atoms. The summed E-state index contributed by atoms with van der Waals surface area (Å²) in [6, 6.07) is 21.0. The van der Waals surface area contributed by atoms with E-state index in [0.29, 0.717) is 6.54 Å². The van der Waals surface area contributed by atoms with Gasteiger partial charge in [0.15, 0.2) is 0 Å². The fraction of sp³-hybridized carbons (Fsp3) is 0.304. The molecule has 4 rings (SSSR count). The van der Waals surface area contributed by atoms with Gasteiger partial charge < -0.3 is 9.80 Å². The number of para-hydroxylation sites is 1. The number of amides is 1. The van der Waals surface area contributed by atoms with Crippen molar-refractivity contribution in [1.29, 1.82) is 0 Å². The van der Waals surface area contributed by atoms with Crippen LogP contribution in [0.5, 0.6) is 0 Å². The van der Waals surface area contributed by atoms with E-state index in [0.717, 1.165) is 37.6 Å². The average Bonchev–Trinajstić information content (AvgIpc) is 3.05. The normalized spacial score (nSPS) is 14.4. The Morgan fingerprint density at radius 3 is 2.29 bits per heavy atom. The van der Waals surface area contributed by atoms with Crippen molar-refractivity contribution in [2.75, 3.05) is 31.1 Å². The molecule has 1 fully saturated rings. The van der Waals surface area contributed by atoms with Crippen molar-refractivity contribution < 1.29 is 4.79 Å². The molecule has 1 aliphatic rings. The second kappa shape index (κ2) is 7.89. The molecule has 1 amide bonds. The van der Waals surface area contributed by atoms with E-state index in [2.05, 4.69) is 58.5 Å². The Morgan fingerprint density at radius 1 is 0.929 bits per heavy atom. The van der Waals surface area contributed by atoms with Gasteiger partial charge in [-0.1, -0.05) is 48.5 Å². The SMILES string of the molecule is Cc1cc(C)n(CC(=O)N2CCN(c3ccccc3-c3ccccc3)CC2)n1. The zero-order valence-electron chi connectivity index (χ0n) is 16.5. The van der Waals surface area contributed by atoms with Crippen LogP contribution in [0, 0.1) is 13.8 Å². The summed E-state index contributed by atoms with van der Waals surface area (Å²) < 4.78 is 1.80. The van der Waals surface area contributed by atoms with Crippen molar-refractivity contribution in [3.63, 3.8) is 0 Å². The zero-order valence-corrected chi connectivity index (χ0v) is 16.5. The summed E-state index contributed by atoms with van der Waals surface area (Å²) >= 11 is 0. The third kappa shape index (κ3) is 3.79. The molecule has 28 heavy (non-hydrogen) atoms. The number of hydrogen-bond acceptors (Lipinski definition) is 3. The third-order valence-electron chi connectivity index (χ3n) is 5.35. The van der Waals surface area contributed by atoms with Gasteiger partial charge >= 0.3 is 0 Å². The number of rotatable bonds is 4. The van der Waals surface area contributed by atoms with E-state index in [-0.39, 0.29) is 5.91 Å². The van der Waals surface area contributed by atoms with Crippen molar-refractivity contribution in [3.8, 4) is 11.1 Å². The van der Waals surface area contributed by atoms with Crippen LogP contribution in [0.4, 0.5) is 5.69 Å². The Balaban J connectivity index is 1.44. The molecule has 2 aromatic carbocycles. The molecule has 0 aliphatic carbocycles. The molecule has 0 atom stereocenters. The molecule has 0 unspecified atom stereocenters. The van der Waals surface area contributed by atoms with Gasteiger partial charge in [-0.15, -0.1) is 0 Å². The number of benzene rings is 2. The van der Waals surface area contributed by atoms with Gasteiger partial charge in [-0.3, -0.25) is 9.48 Å². The average molecular weight is 374 g/mol. The van der Waals surface area contributed by atoms with Gasteiger partial charge in [0, 0.05) is 43.1 Å². The number of nitrogens with zero attached hydrogens (tertiary/aromatic N) is 4. The van der Waals surface area contributed by atoms with Crippen LogP contribution in [-0.2, 0) is 11.3 Å². The first kappa shape index (κ1) is 18.3. The quantitative estimate of drug-likeness (QED) is 0.702. The molecule has 0 N–H and O–H groups in total. The first-order valence-corrected chi connectivity index (χ1v) is 9.80. The fourth-order valence-electron chi connectivity index (χ4n) is 3.87. The number of carbonyl (C=O) groups excluding carboxylic acids is 1. The summed E-state index contributed by atoms with van der Waals surface area (Å²) in [5, 5.41) is 4.41. The summed E-state index contributed by atoms with van der Waals surface area (Å²) in [6.07, 6.45) is 0. The largest absolute Gasteiger partial charge is 0.367 e. The maximum absolute atomic E-state index is 12.7. The maximum atomic E-state index is 12.7. The second-order valence-electron chi connectivity index (χ2n) is 7.34. The molecular formula is C23H26N4O. The van der Waals surface area contributed by atoms with Crippen LogP contribution in [0.3, 0.4) is 0 Å². The first-order chi connectivity index (χ1) is 13.6. The van der Waals surface area contributed by atoms with E-state index in [1.807, 2.05) is 30.9 Å². The van der Waals surface area contributed by atoms with Crippen molar-refractivity contribution >= 4 is 11.6 Å². The minimum atomic E-state index is 0.141. The zero-order chi connectivity index (χ0) is 19.5. The monoisotopic (exact) mass is 374 g/mol. The number of aryl methyl sites for hydroxylation is 2. The van der Waals surface area contributed by atoms with Gasteiger partial charge in [-0.2, -0.15) is 5.10 Å². The minimum Gasteiger partial charge on any atom is -0.367 e. The van der Waals surface area contributed by atoms with Gasteiger partial charge in [-0.25, -0.2) is 0 Å². The molecule has 2 heterocycles. The predicted molar refractivity (Wildman–Crippen MR) is 112 cm³/mol. The van der Waals surface area contributed by atoms with E-state index in [4.69, 9.17) is 0 Å². The van der Waals surface area contributed by atoms with Crippen molar-refractivity contribution in [1.82, 2.24) is 14.7 Å². The summed E-state index contributed by atoms with van der Waals surface area (Å²) in [4.78, 5) is 17.0. The maximum Gasteiger partial charge on any atom is 0.244 e. The van der Waals surface area contributed by atoms with Gasteiger partial charge in [-0.05, 0) is 31.5 Å². The lowest BCUT2D eigenvalue weighted by molar-refractivity contribution is -0.132. The Morgan fingerprint density at radius 2 is 1.61 bits per heavy atom. The summed E-state index contributed by atoms with van der Waals surface area (Å²) in [5.41, 5.74) is 5.68. The van der Waals surface area contributed by atoms with Crippen LogP contribution < -0.4 is 4.90 Å². The smallest absolute Gasteiger partial charge is 0.244 e. The number of hydrogen-bond donors (Lipinski definition) is 0. The molecule has 0 bridgehead atoms. The molecule has 5 heteroatoms. The van der Waals surface area contributed by atoms with E-state index < -0.39 is 0 Å². The molecule has 0 saturated carbocycles. The molecular weight excluding hydrogens is 348 g/mol. The van der Waals surface area contributed by atoms with E-state index in [9.17, 15) is 4.79 Å². The van der Waals surface area contributed by atoms with Crippen LogP contribution in [0.2, 0.25) is 0 Å². The number of piperazine rings is 1.